The summed E-state index contributed by atoms with van der Waals surface area (Å²) in [6.45, 7) is 17.5. The van der Waals surface area contributed by atoms with E-state index in [2.05, 4.69) is 18.6 Å². The van der Waals surface area contributed by atoms with Gasteiger partial charge in [-0.1, -0.05) is 63.1 Å². The first-order chi connectivity index (χ1) is 21.5. The Balaban J connectivity index is 0.000000460. The van der Waals surface area contributed by atoms with E-state index < -0.39 is 11.2 Å². The lowest BCUT2D eigenvalue weighted by atomic mass is 10.1. The number of Topliss-reactive ketones (excluding diaryl/α,β-unsaturated/α-hetero) is 1. The van der Waals surface area contributed by atoms with Crippen molar-refractivity contribution in [2.45, 2.75) is 105 Å². The van der Waals surface area contributed by atoms with Crippen LogP contribution in [0.2, 0.25) is 0 Å². The lowest BCUT2D eigenvalue weighted by Crippen LogP contribution is -2.37. The average Bonchev–Trinajstić information content (AvgIpc) is 2.99. The van der Waals surface area contributed by atoms with Crippen molar-refractivity contribution in [1.82, 2.24) is 9.80 Å². The summed E-state index contributed by atoms with van der Waals surface area (Å²) in [4.78, 5) is 51.0. The first-order valence-corrected chi connectivity index (χ1v) is 16.0. The molecule has 0 fully saturated rings. The van der Waals surface area contributed by atoms with Gasteiger partial charge in [-0.3, -0.25) is 4.79 Å². The molecule has 0 saturated heterocycles. The highest BCUT2D eigenvalue weighted by Crippen LogP contribution is 2.16. The summed E-state index contributed by atoms with van der Waals surface area (Å²) in [6, 6.07) is 14.3. The summed E-state index contributed by atoms with van der Waals surface area (Å²) in [6.07, 6.45) is 3.21. The Morgan fingerprint density at radius 2 is 1.02 bits per heavy atom. The van der Waals surface area contributed by atoms with E-state index in [4.69, 9.17) is 15.2 Å². The van der Waals surface area contributed by atoms with Gasteiger partial charge in [0.15, 0.2) is 5.78 Å². The predicted octanol–water partition coefficient (Wildman–Crippen LogP) is 7.38. The molecule has 0 saturated carbocycles. The second-order valence-corrected chi connectivity index (χ2v) is 13.0. The van der Waals surface area contributed by atoms with Crippen LogP contribution in [0.4, 0.5) is 9.59 Å². The number of ether oxygens (including phenoxy) is 3. The highest BCUT2D eigenvalue weighted by molar-refractivity contribution is 5.97. The van der Waals surface area contributed by atoms with Crippen molar-refractivity contribution in [1.29, 1.82) is 0 Å². The average molecular weight is 642 g/mol. The summed E-state index contributed by atoms with van der Waals surface area (Å²) < 4.78 is 15.6. The van der Waals surface area contributed by atoms with E-state index in [1.807, 2.05) is 65.8 Å². The van der Waals surface area contributed by atoms with E-state index >= 15 is 0 Å². The maximum absolute atomic E-state index is 12.3. The van der Waals surface area contributed by atoms with Gasteiger partial charge in [0.05, 0.1) is 19.2 Å². The number of methoxy groups -OCH3 is 1. The lowest BCUT2D eigenvalue weighted by molar-refractivity contribution is 0.0221. The molecule has 0 spiro atoms. The van der Waals surface area contributed by atoms with Crippen molar-refractivity contribution >= 4 is 23.9 Å². The number of rotatable bonds is 13. The molecule has 2 aromatic carbocycles. The standard InChI is InChI=1S/C18H28N2O3.C18H27NO4/c1-5-6-11-20(17(22)23-18(2,3)4)13-14-7-9-15(10-8-14)16(21)12-19;1-6-7-12-19(17(21)23-18(2,3)4)13-14-8-10-15(11-9-14)16(20)22-5/h7-10H,5-6,11-13,19H2,1-4H3;8-11H,6-7,12-13H2,1-5H3. The van der Waals surface area contributed by atoms with Crippen LogP contribution in [0, 0.1) is 0 Å². The van der Waals surface area contributed by atoms with Gasteiger partial charge in [-0.25, -0.2) is 14.4 Å². The topological polar surface area (TPSA) is 128 Å². The summed E-state index contributed by atoms with van der Waals surface area (Å²) in [5.74, 6) is -0.460. The van der Waals surface area contributed by atoms with E-state index in [1.54, 1.807) is 34.1 Å². The normalized spacial score (nSPS) is 11.1. The van der Waals surface area contributed by atoms with Crippen LogP contribution in [0.25, 0.3) is 0 Å². The van der Waals surface area contributed by atoms with E-state index in [0.29, 0.717) is 37.3 Å². The number of benzene rings is 2. The molecular formula is C36H55N3O7. The van der Waals surface area contributed by atoms with E-state index in [0.717, 1.165) is 36.8 Å². The number of carbonyl (C=O) groups is 4. The van der Waals surface area contributed by atoms with Crippen LogP contribution in [-0.2, 0) is 27.3 Å². The minimum atomic E-state index is -0.518. The van der Waals surface area contributed by atoms with Gasteiger partial charge in [-0.15, -0.1) is 0 Å². The molecule has 256 valence electrons. The molecule has 0 aliphatic heterocycles. The van der Waals surface area contributed by atoms with Crippen molar-refractivity contribution in [3.8, 4) is 0 Å². The molecule has 0 aliphatic rings. The molecule has 0 radical (unpaired) electrons. The number of amides is 2. The Morgan fingerprint density at radius 3 is 1.33 bits per heavy atom. The van der Waals surface area contributed by atoms with Crippen molar-refractivity contribution < 1.29 is 33.4 Å². The van der Waals surface area contributed by atoms with Gasteiger partial charge in [-0.05, 0) is 77.6 Å². The van der Waals surface area contributed by atoms with Gasteiger partial charge < -0.3 is 29.7 Å². The highest BCUT2D eigenvalue weighted by Gasteiger charge is 2.23. The maximum Gasteiger partial charge on any atom is 0.410 e. The minimum absolute atomic E-state index is 0.000119. The molecule has 0 aliphatic carbocycles. The number of nitrogens with two attached hydrogens (primary N) is 1. The minimum Gasteiger partial charge on any atom is -0.465 e. The first-order valence-electron chi connectivity index (χ1n) is 16.0. The molecule has 0 heterocycles. The van der Waals surface area contributed by atoms with Crippen LogP contribution in [0.1, 0.15) is 113 Å². The Hall–Kier alpha value is -3.92. The number of ketones is 1. The molecule has 2 N–H and O–H groups in total. The van der Waals surface area contributed by atoms with Crippen molar-refractivity contribution in [3.05, 3.63) is 70.8 Å². The van der Waals surface area contributed by atoms with Crippen LogP contribution in [-0.4, -0.2) is 71.7 Å². The fourth-order valence-electron chi connectivity index (χ4n) is 4.04. The fourth-order valence-corrected chi connectivity index (χ4v) is 4.04. The zero-order chi connectivity index (χ0) is 34.9. The number of hydrogen-bond acceptors (Lipinski definition) is 8. The largest absolute Gasteiger partial charge is 0.465 e. The SMILES string of the molecule is CCCCN(Cc1ccc(C(=O)CN)cc1)C(=O)OC(C)(C)C.CCCCN(Cc1ccc(C(=O)OC)cc1)C(=O)OC(C)(C)C. The predicted molar refractivity (Wildman–Crippen MR) is 181 cm³/mol. The Kier molecular flexibility index (Phi) is 17.1. The van der Waals surface area contributed by atoms with Crippen LogP contribution >= 0.6 is 0 Å². The summed E-state index contributed by atoms with van der Waals surface area (Å²) in [7, 11) is 1.35. The van der Waals surface area contributed by atoms with Crippen LogP contribution in [0.15, 0.2) is 48.5 Å². The Bertz CT molecular complexity index is 1130. The van der Waals surface area contributed by atoms with E-state index in [-0.39, 0.29) is 30.5 Å². The molecule has 46 heavy (non-hydrogen) atoms. The third-order valence-corrected chi connectivity index (χ3v) is 6.45. The maximum atomic E-state index is 12.3. The van der Waals surface area contributed by atoms with Crippen molar-refractivity contribution in [2.24, 2.45) is 5.73 Å². The quantitative estimate of drug-likeness (QED) is 0.136. The molecule has 10 heteroatoms. The summed E-state index contributed by atoms with van der Waals surface area (Å²) in [5.41, 5.74) is 7.31. The number of nitrogens with zero attached hydrogens (tertiary/aromatic N) is 2. The second kappa shape index (κ2) is 19.6. The van der Waals surface area contributed by atoms with Crippen LogP contribution in [0.5, 0.6) is 0 Å². The van der Waals surface area contributed by atoms with Gasteiger partial charge in [-0.2, -0.15) is 0 Å². The lowest BCUT2D eigenvalue weighted by Gasteiger charge is -2.27. The van der Waals surface area contributed by atoms with Gasteiger partial charge in [0, 0.05) is 31.7 Å². The van der Waals surface area contributed by atoms with Gasteiger partial charge in [0.25, 0.3) is 0 Å². The molecule has 0 unspecified atom stereocenters. The number of carbonyl (C=O) groups excluding carboxylic acids is 4. The zero-order valence-corrected chi connectivity index (χ0v) is 29.3. The van der Waals surface area contributed by atoms with E-state index in [9.17, 15) is 19.2 Å². The Morgan fingerprint density at radius 1 is 0.652 bits per heavy atom. The van der Waals surface area contributed by atoms with Crippen molar-refractivity contribution in [2.75, 3.05) is 26.7 Å². The number of esters is 1. The molecule has 10 nitrogen and oxygen atoms in total. The first kappa shape index (κ1) is 40.1. The van der Waals surface area contributed by atoms with Gasteiger partial charge >= 0.3 is 18.2 Å². The number of hydrogen-bond donors (Lipinski definition) is 1. The monoisotopic (exact) mass is 641 g/mol. The number of unbranched alkanes of at least 4 members (excludes halogenated alkanes) is 2. The van der Waals surface area contributed by atoms with E-state index in [1.165, 1.54) is 7.11 Å². The highest BCUT2D eigenvalue weighted by atomic mass is 16.6. The summed E-state index contributed by atoms with van der Waals surface area (Å²) >= 11 is 0. The Labute approximate surface area is 275 Å². The molecule has 2 aromatic rings. The van der Waals surface area contributed by atoms with Gasteiger partial charge in [0.1, 0.15) is 11.2 Å². The van der Waals surface area contributed by atoms with Crippen LogP contribution < -0.4 is 5.73 Å². The third-order valence-electron chi connectivity index (χ3n) is 6.45. The zero-order valence-electron chi connectivity index (χ0n) is 29.3. The molecule has 0 bridgehead atoms. The molecular weight excluding hydrogens is 586 g/mol. The third kappa shape index (κ3) is 15.9. The molecule has 0 atom stereocenters. The van der Waals surface area contributed by atoms with Crippen molar-refractivity contribution in [3.63, 3.8) is 0 Å². The molecule has 0 aromatic heterocycles. The molecule has 2 rings (SSSR count). The van der Waals surface area contributed by atoms with Gasteiger partial charge in [0.2, 0.25) is 0 Å². The summed E-state index contributed by atoms with van der Waals surface area (Å²) in [5, 5.41) is 0. The molecule has 2 amide bonds. The smallest absolute Gasteiger partial charge is 0.410 e. The van der Waals surface area contributed by atoms with Crippen LogP contribution in [0.3, 0.4) is 0 Å². The second-order valence-electron chi connectivity index (χ2n) is 13.0. The fraction of sp³-hybridized carbons (Fsp3) is 0.556.